The first-order valence-corrected chi connectivity index (χ1v) is 10.2. The lowest BCUT2D eigenvalue weighted by Gasteiger charge is -2.21. The van der Waals surface area contributed by atoms with E-state index in [1.54, 1.807) is 0 Å². The average Bonchev–Trinajstić information content (AvgIpc) is 3.14. The van der Waals surface area contributed by atoms with Crippen molar-refractivity contribution in [3.05, 3.63) is 66.7 Å². The predicted octanol–water partition coefficient (Wildman–Crippen LogP) is 6.51. The van der Waals surface area contributed by atoms with Gasteiger partial charge >= 0.3 is 0 Å². The van der Waals surface area contributed by atoms with E-state index in [0.29, 0.717) is 0 Å². The molecule has 5 rings (SSSR count). The maximum Gasteiger partial charge on any atom is 0.227 e. The molecule has 0 spiro atoms. The Morgan fingerprint density at radius 1 is 0.786 bits per heavy atom. The normalized spacial score (nSPS) is 15.1. The molecule has 0 atom stereocenters. The third kappa shape index (κ3) is 2.97. The van der Waals surface area contributed by atoms with Gasteiger partial charge in [0.05, 0.1) is 5.52 Å². The lowest BCUT2D eigenvalue weighted by atomic mass is 9.88. The second-order valence-electron chi connectivity index (χ2n) is 7.77. The minimum atomic E-state index is 0.144. The summed E-state index contributed by atoms with van der Waals surface area (Å²) in [5, 5.41) is 5.66. The largest absolute Gasteiger partial charge is 0.354 e. The van der Waals surface area contributed by atoms with Crippen molar-refractivity contribution < 1.29 is 4.79 Å². The summed E-state index contributed by atoms with van der Waals surface area (Å²) in [5.41, 5.74) is 5.32. The molecule has 0 unspecified atom stereocenters. The van der Waals surface area contributed by atoms with Crippen LogP contribution < -0.4 is 5.32 Å². The SMILES string of the molecule is O=C(Nc1ccccc1-c1cccc2c1[nH]c1ccccc12)C1CCCCC1. The maximum atomic E-state index is 12.8. The van der Waals surface area contributed by atoms with Crippen molar-refractivity contribution >= 4 is 33.4 Å². The van der Waals surface area contributed by atoms with E-state index in [0.717, 1.165) is 53.5 Å². The number of carbonyl (C=O) groups is 1. The molecule has 3 aromatic carbocycles. The molecule has 4 aromatic rings. The van der Waals surface area contributed by atoms with E-state index in [4.69, 9.17) is 0 Å². The molecule has 1 heterocycles. The Labute approximate surface area is 164 Å². The molecule has 1 saturated carbocycles. The second kappa shape index (κ2) is 7.16. The van der Waals surface area contributed by atoms with E-state index in [-0.39, 0.29) is 11.8 Å². The highest BCUT2D eigenvalue weighted by Gasteiger charge is 2.22. The van der Waals surface area contributed by atoms with E-state index in [1.165, 1.54) is 17.2 Å². The minimum absolute atomic E-state index is 0.144. The van der Waals surface area contributed by atoms with Gasteiger partial charge in [-0.05, 0) is 25.0 Å². The molecular formula is C25H24N2O. The summed E-state index contributed by atoms with van der Waals surface area (Å²) in [6, 6.07) is 22.9. The molecule has 0 saturated heterocycles. The van der Waals surface area contributed by atoms with Gasteiger partial charge in [0.15, 0.2) is 0 Å². The average molecular weight is 368 g/mol. The number of carbonyl (C=O) groups excluding carboxylic acids is 1. The predicted molar refractivity (Wildman–Crippen MR) is 116 cm³/mol. The fourth-order valence-electron chi connectivity index (χ4n) is 4.52. The Morgan fingerprint density at radius 2 is 1.50 bits per heavy atom. The first-order valence-electron chi connectivity index (χ1n) is 10.2. The fraction of sp³-hybridized carbons (Fsp3) is 0.240. The zero-order valence-corrected chi connectivity index (χ0v) is 15.9. The van der Waals surface area contributed by atoms with Gasteiger partial charge in [-0.2, -0.15) is 0 Å². The van der Waals surface area contributed by atoms with Crippen molar-refractivity contribution in [1.82, 2.24) is 4.98 Å². The van der Waals surface area contributed by atoms with Crippen molar-refractivity contribution in [2.24, 2.45) is 5.92 Å². The number of para-hydroxylation sites is 3. The fourth-order valence-corrected chi connectivity index (χ4v) is 4.52. The van der Waals surface area contributed by atoms with E-state index in [1.807, 2.05) is 18.2 Å². The number of nitrogens with one attached hydrogen (secondary N) is 2. The highest BCUT2D eigenvalue weighted by Crippen LogP contribution is 2.36. The first kappa shape index (κ1) is 17.1. The number of aromatic amines is 1. The van der Waals surface area contributed by atoms with Crippen molar-refractivity contribution in [1.29, 1.82) is 0 Å². The summed E-state index contributed by atoms with van der Waals surface area (Å²) in [5.74, 6) is 0.307. The van der Waals surface area contributed by atoms with E-state index >= 15 is 0 Å². The lowest BCUT2D eigenvalue weighted by molar-refractivity contribution is -0.120. The number of anilines is 1. The quantitative estimate of drug-likeness (QED) is 0.425. The van der Waals surface area contributed by atoms with Crippen molar-refractivity contribution in [2.45, 2.75) is 32.1 Å². The van der Waals surface area contributed by atoms with Crippen molar-refractivity contribution in [3.8, 4) is 11.1 Å². The maximum absolute atomic E-state index is 12.8. The van der Waals surface area contributed by atoms with Crippen LogP contribution in [0.3, 0.4) is 0 Å². The molecular weight excluding hydrogens is 344 g/mol. The number of benzene rings is 3. The number of fused-ring (bicyclic) bond motifs is 3. The smallest absolute Gasteiger partial charge is 0.227 e. The van der Waals surface area contributed by atoms with Crippen molar-refractivity contribution in [2.75, 3.05) is 5.32 Å². The Kier molecular flexibility index (Phi) is 4.36. The Balaban J connectivity index is 1.58. The molecule has 0 radical (unpaired) electrons. The molecule has 1 aromatic heterocycles. The topological polar surface area (TPSA) is 44.9 Å². The highest BCUT2D eigenvalue weighted by molar-refractivity contribution is 6.13. The van der Waals surface area contributed by atoms with Gasteiger partial charge < -0.3 is 10.3 Å². The molecule has 2 N–H and O–H groups in total. The van der Waals surface area contributed by atoms with Crippen LogP contribution in [0.2, 0.25) is 0 Å². The van der Waals surface area contributed by atoms with Crippen molar-refractivity contribution in [3.63, 3.8) is 0 Å². The molecule has 3 heteroatoms. The molecule has 140 valence electrons. The van der Waals surface area contributed by atoms with E-state index in [9.17, 15) is 4.79 Å². The van der Waals surface area contributed by atoms with E-state index in [2.05, 4.69) is 58.8 Å². The van der Waals surface area contributed by atoms with E-state index < -0.39 is 0 Å². The van der Waals surface area contributed by atoms with Crippen LogP contribution in [0.4, 0.5) is 5.69 Å². The number of hydrogen-bond donors (Lipinski definition) is 2. The number of hydrogen-bond acceptors (Lipinski definition) is 1. The van der Waals surface area contributed by atoms with Crippen LogP contribution in [0.25, 0.3) is 32.9 Å². The van der Waals surface area contributed by atoms with Crippen LogP contribution in [0.5, 0.6) is 0 Å². The molecule has 0 bridgehead atoms. The standard InChI is InChI=1S/C25H24N2O/c28-25(17-9-2-1-3-10-17)27-23-16-7-5-12-19(23)21-14-8-13-20-18-11-4-6-15-22(18)26-24(20)21/h4-8,11-17,26H,1-3,9-10H2,(H,27,28). The van der Waals surface area contributed by atoms with Crippen LogP contribution in [-0.2, 0) is 4.79 Å². The Hall–Kier alpha value is -3.07. The molecule has 28 heavy (non-hydrogen) atoms. The molecule has 1 aliphatic rings. The monoisotopic (exact) mass is 368 g/mol. The van der Waals surface area contributed by atoms with Gasteiger partial charge in [0.2, 0.25) is 5.91 Å². The summed E-state index contributed by atoms with van der Waals surface area (Å²) in [6.45, 7) is 0. The first-order chi connectivity index (χ1) is 13.8. The summed E-state index contributed by atoms with van der Waals surface area (Å²) in [7, 11) is 0. The van der Waals surface area contributed by atoms with Gasteiger partial charge in [-0.1, -0.05) is 73.9 Å². The van der Waals surface area contributed by atoms with Gasteiger partial charge in [0, 0.05) is 39.0 Å². The zero-order valence-electron chi connectivity index (χ0n) is 15.9. The molecule has 1 amide bonds. The van der Waals surface area contributed by atoms with Gasteiger partial charge in [-0.25, -0.2) is 0 Å². The van der Waals surface area contributed by atoms with Gasteiger partial charge in [-0.15, -0.1) is 0 Å². The summed E-state index contributed by atoms with van der Waals surface area (Å²) in [6.07, 6.45) is 5.59. The summed E-state index contributed by atoms with van der Waals surface area (Å²) < 4.78 is 0. The van der Waals surface area contributed by atoms with Crippen LogP contribution in [-0.4, -0.2) is 10.9 Å². The molecule has 1 aliphatic carbocycles. The third-order valence-corrected chi connectivity index (χ3v) is 5.99. The van der Waals surface area contributed by atoms with Crippen LogP contribution >= 0.6 is 0 Å². The van der Waals surface area contributed by atoms with Gasteiger partial charge in [0.1, 0.15) is 0 Å². The second-order valence-corrected chi connectivity index (χ2v) is 7.77. The molecule has 1 fully saturated rings. The summed E-state index contributed by atoms with van der Waals surface area (Å²) >= 11 is 0. The van der Waals surface area contributed by atoms with Crippen LogP contribution in [0.15, 0.2) is 66.7 Å². The molecule has 3 nitrogen and oxygen atoms in total. The lowest BCUT2D eigenvalue weighted by Crippen LogP contribution is -2.24. The van der Waals surface area contributed by atoms with Gasteiger partial charge in [-0.3, -0.25) is 4.79 Å². The number of aromatic nitrogens is 1. The zero-order chi connectivity index (χ0) is 18.9. The molecule has 0 aliphatic heterocycles. The third-order valence-electron chi connectivity index (χ3n) is 5.99. The Morgan fingerprint density at radius 3 is 2.39 bits per heavy atom. The number of rotatable bonds is 3. The Bertz CT molecular complexity index is 1150. The van der Waals surface area contributed by atoms with Crippen LogP contribution in [0, 0.1) is 5.92 Å². The minimum Gasteiger partial charge on any atom is -0.354 e. The highest BCUT2D eigenvalue weighted by atomic mass is 16.1. The van der Waals surface area contributed by atoms with Crippen LogP contribution in [0.1, 0.15) is 32.1 Å². The number of amides is 1. The number of H-pyrrole nitrogens is 1. The summed E-state index contributed by atoms with van der Waals surface area (Å²) in [4.78, 5) is 16.4. The van der Waals surface area contributed by atoms with Gasteiger partial charge in [0.25, 0.3) is 0 Å².